The minimum atomic E-state index is -0.119. The van der Waals surface area contributed by atoms with Gasteiger partial charge in [-0.1, -0.05) is 36.4 Å². The zero-order valence-electron chi connectivity index (χ0n) is 14.0. The number of hydrogen-bond acceptors (Lipinski definition) is 4. The topological polar surface area (TPSA) is 63.6 Å². The van der Waals surface area contributed by atoms with Gasteiger partial charge in [-0.2, -0.15) is 0 Å². The maximum atomic E-state index is 13.0. The fourth-order valence-electron chi connectivity index (χ4n) is 3.94. The van der Waals surface area contributed by atoms with E-state index in [0.29, 0.717) is 33.1 Å². The second-order valence-electron chi connectivity index (χ2n) is 6.69. The Morgan fingerprint density at radius 1 is 0.593 bits per heavy atom. The van der Waals surface area contributed by atoms with Crippen LogP contribution >= 0.6 is 0 Å². The molecule has 6 aromatic rings. The first kappa shape index (κ1) is 14.4. The number of benzene rings is 4. The third-order valence-corrected chi connectivity index (χ3v) is 5.15. The summed E-state index contributed by atoms with van der Waals surface area (Å²) in [4.78, 5) is 13.0. The Labute approximate surface area is 151 Å². The molecule has 27 heavy (non-hydrogen) atoms. The fourth-order valence-corrected chi connectivity index (χ4v) is 3.94. The van der Waals surface area contributed by atoms with Gasteiger partial charge in [-0.3, -0.25) is 4.79 Å². The number of para-hydroxylation sites is 2. The van der Waals surface area contributed by atoms with E-state index < -0.39 is 0 Å². The molecule has 4 heteroatoms. The zero-order chi connectivity index (χ0) is 18.1. The highest BCUT2D eigenvalue weighted by molar-refractivity contribution is 6.25. The van der Waals surface area contributed by atoms with Gasteiger partial charge in [0.05, 0.1) is 0 Å². The third kappa shape index (κ3) is 1.84. The normalized spacial score (nSPS) is 12.0. The lowest BCUT2D eigenvalue weighted by Crippen LogP contribution is -1.93. The average molecular weight is 352 g/mol. The number of hydrogen-bond donors (Lipinski definition) is 1. The Kier molecular flexibility index (Phi) is 2.60. The zero-order valence-corrected chi connectivity index (χ0v) is 14.0. The summed E-state index contributed by atoms with van der Waals surface area (Å²) in [5.74, 6) is 0.107. The van der Waals surface area contributed by atoms with Gasteiger partial charge in [-0.25, -0.2) is 0 Å². The molecule has 0 amide bonds. The van der Waals surface area contributed by atoms with E-state index in [1.165, 1.54) is 0 Å². The second-order valence-corrected chi connectivity index (χ2v) is 6.69. The first-order chi connectivity index (χ1) is 13.2. The van der Waals surface area contributed by atoms with Crippen LogP contribution in [0.1, 0.15) is 0 Å². The van der Waals surface area contributed by atoms with E-state index in [0.717, 1.165) is 21.5 Å². The van der Waals surface area contributed by atoms with Gasteiger partial charge in [0.2, 0.25) is 0 Å². The van der Waals surface area contributed by atoms with Crippen molar-refractivity contribution in [3.63, 3.8) is 0 Å². The van der Waals surface area contributed by atoms with Gasteiger partial charge < -0.3 is 13.9 Å². The number of phenolic OH excluding ortho intramolecular Hbond substituents is 1. The highest BCUT2D eigenvalue weighted by Crippen LogP contribution is 2.38. The van der Waals surface area contributed by atoms with E-state index >= 15 is 0 Å². The first-order valence-electron chi connectivity index (χ1n) is 8.63. The lowest BCUT2D eigenvalue weighted by Gasteiger charge is -2.04. The van der Waals surface area contributed by atoms with Crippen molar-refractivity contribution in [3.8, 4) is 5.75 Å². The summed E-state index contributed by atoms with van der Waals surface area (Å²) in [6.45, 7) is 0. The van der Waals surface area contributed by atoms with Crippen molar-refractivity contribution in [2.45, 2.75) is 0 Å². The van der Waals surface area contributed by atoms with Gasteiger partial charge in [0.1, 0.15) is 5.75 Å². The maximum Gasteiger partial charge on any atom is 0.194 e. The van der Waals surface area contributed by atoms with Crippen LogP contribution in [0, 0.1) is 0 Å². The second kappa shape index (κ2) is 4.89. The number of phenols is 1. The Hall–Kier alpha value is -3.79. The van der Waals surface area contributed by atoms with Crippen LogP contribution in [-0.4, -0.2) is 5.11 Å². The summed E-state index contributed by atoms with van der Waals surface area (Å²) < 4.78 is 11.9. The van der Waals surface area contributed by atoms with E-state index in [-0.39, 0.29) is 11.2 Å². The quantitative estimate of drug-likeness (QED) is 0.356. The summed E-state index contributed by atoms with van der Waals surface area (Å²) in [5, 5.41) is 14.6. The fraction of sp³-hybridized carbons (Fsp3) is 0. The van der Waals surface area contributed by atoms with Gasteiger partial charge in [-0.15, -0.1) is 0 Å². The van der Waals surface area contributed by atoms with Crippen LogP contribution in [0.2, 0.25) is 0 Å². The standard InChI is InChI=1S/C23H12O4/c24-17-9-16-22(13-6-2-1-5-12(13)17)14-10-20-21(11-15(14)23(16)25)27-19-8-4-3-7-18(19)26-20/h1-11,24H. The lowest BCUT2D eigenvalue weighted by molar-refractivity contribution is 0.482. The summed E-state index contributed by atoms with van der Waals surface area (Å²) in [6, 6.07) is 20.1. The third-order valence-electron chi connectivity index (χ3n) is 5.15. The van der Waals surface area contributed by atoms with E-state index in [4.69, 9.17) is 8.83 Å². The van der Waals surface area contributed by atoms with Crippen LogP contribution in [0.25, 0.3) is 54.6 Å². The first-order valence-corrected chi connectivity index (χ1v) is 8.63. The molecule has 0 unspecified atom stereocenters. The van der Waals surface area contributed by atoms with Crippen molar-refractivity contribution >= 4 is 54.6 Å². The summed E-state index contributed by atoms with van der Waals surface area (Å²) in [7, 11) is 0. The van der Waals surface area contributed by atoms with Gasteiger partial charge in [-0.05, 0) is 41.1 Å². The van der Waals surface area contributed by atoms with Crippen LogP contribution in [-0.2, 0) is 0 Å². The molecule has 5 aromatic carbocycles. The molecule has 128 valence electrons. The Morgan fingerprint density at radius 3 is 1.89 bits per heavy atom. The molecule has 1 heterocycles. The molecule has 0 atom stereocenters. The lowest BCUT2D eigenvalue weighted by atomic mass is 10.0. The molecule has 1 N–H and O–H groups in total. The summed E-state index contributed by atoms with van der Waals surface area (Å²) >= 11 is 0. The van der Waals surface area contributed by atoms with Crippen LogP contribution in [0.15, 0.2) is 80.4 Å². The predicted molar refractivity (Wildman–Crippen MR) is 106 cm³/mol. The van der Waals surface area contributed by atoms with E-state index in [2.05, 4.69) is 0 Å². The highest BCUT2D eigenvalue weighted by atomic mass is 16.4. The molecule has 0 aliphatic rings. The molecule has 4 nitrogen and oxygen atoms in total. The van der Waals surface area contributed by atoms with Gasteiger partial charge >= 0.3 is 0 Å². The van der Waals surface area contributed by atoms with Crippen molar-refractivity contribution < 1.29 is 13.9 Å². The predicted octanol–water partition coefficient (Wildman–Crippen LogP) is 5.70. The molecule has 0 fully saturated rings. The molecule has 6 rings (SSSR count). The van der Waals surface area contributed by atoms with Gasteiger partial charge in [0, 0.05) is 21.5 Å². The van der Waals surface area contributed by atoms with Crippen molar-refractivity contribution in [1.82, 2.24) is 0 Å². The van der Waals surface area contributed by atoms with Crippen molar-refractivity contribution in [2.75, 3.05) is 0 Å². The molecule has 0 aliphatic heterocycles. The highest BCUT2D eigenvalue weighted by Gasteiger charge is 2.17. The van der Waals surface area contributed by atoms with E-state index in [9.17, 15) is 9.90 Å². The average Bonchev–Trinajstić information content (AvgIpc) is 2.96. The molecular weight excluding hydrogens is 340 g/mol. The summed E-state index contributed by atoms with van der Waals surface area (Å²) in [6.07, 6.45) is 0. The maximum absolute atomic E-state index is 13.0. The van der Waals surface area contributed by atoms with Crippen LogP contribution in [0.4, 0.5) is 0 Å². The van der Waals surface area contributed by atoms with E-state index in [1.54, 1.807) is 12.1 Å². The largest absolute Gasteiger partial charge is 0.507 e. The molecule has 0 saturated heterocycles. The van der Waals surface area contributed by atoms with Crippen molar-refractivity contribution in [3.05, 3.63) is 77.0 Å². The minimum absolute atomic E-state index is 0.107. The monoisotopic (exact) mass is 352 g/mol. The minimum Gasteiger partial charge on any atom is -0.507 e. The molecule has 0 radical (unpaired) electrons. The van der Waals surface area contributed by atoms with Gasteiger partial charge in [0.15, 0.2) is 27.8 Å². The molecule has 0 bridgehead atoms. The van der Waals surface area contributed by atoms with E-state index in [1.807, 2.05) is 54.6 Å². The molecular formula is C23H12O4. The van der Waals surface area contributed by atoms with Crippen molar-refractivity contribution in [2.24, 2.45) is 0 Å². The Bertz CT molecular complexity index is 1600. The van der Waals surface area contributed by atoms with Gasteiger partial charge in [0.25, 0.3) is 0 Å². The number of fused-ring (bicyclic) bond motifs is 7. The Morgan fingerprint density at radius 2 is 1.19 bits per heavy atom. The molecule has 0 spiro atoms. The van der Waals surface area contributed by atoms with Crippen LogP contribution < -0.4 is 5.43 Å². The number of rotatable bonds is 0. The molecule has 0 saturated carbocycles. The van der Waals surface area contributed by atoms with Crippen LogP contribution in [0.5, 0.6) is 5.75 Å². The Balaban J connectivity index is 1.89. The molecule has 1 aromatic heterocycles. The number of aromatic hydroxyl groups is 1. The summed E-state index contributed by atoms with van der Waals surface area (Å²) in [5.41, 5.74) is 2.24. The van der Waals surface area contributed by atoms with Crippen molar-refractivity contribution in [1.29, 1.82) is 0 Å². The molecule has 0 aliphatic carbocycles. The smallest absolute Gasteiger partial charge is 0.194 e. The SMILES string of the molecule is O=c1c2cc3oc4ccccc4oc3cc2c2c1cc(O)c1ccccc12. The van der Waals surface area contributed by atoms with Crippen LogP contribution in [0.3, 0.4) is 0 Å².